The molecule has 1 heterocycles. The summed E-state index contributed by atoms with van der Waals surface area (Å²) in [7, 11) is 0. The summed E-state index contributed by atoms with van der Waals surface area (Å²) < 4.78 is 22.6. The Hall–Kier alpha value is 0.250. The third-order valence-electron chi connectivity index (χ3n) is 4.54. The molecule has 4 aromatic rings. The fraction of sp³-hybridized carbons (Fsp3) is 0. The second-order valence-corrected chi connectivity index (χ2v) is 10.7. The Labute approximate surface area is 251 Å². The van der Waals surface area contributed by atoms with Crippen molar-refractivity contribution in [1.29, 1.82) is 0 Å². The summed E-state index contributed by atoms with van der Waals surface area (Å²) in [5.41, 5.74) is 0.811. The van der Waals surface area contributed by atoms with Gasteiger partial charge >= 0.3 is 46.7 Å². The van der Waals surface area contributed by atoms with Crippen LogP contribution in [0, 0.1) is 20.1 Å². The molecule has 0 amide bonds. The molecule has 3 aromatic carbocycles. The van der Waals surface area contributed by atoms with Crippen molar-refractivity contribution in [3.63, 3.8) is 0 Å². The molecule has 0 radical (unpaired) electrons. The van der Waals surface area contributed by atoms with Gasteiger partial charge in [-0.25, -0.2) is 13.6 Å². The van der Waals surface area contributed by atoms with Gasteiger partial charge in [0.25, 0.3) is 0 Å². The summed E-state index contributed by atoms with van der Waals surface area (Å²) in [6, 6.07) is 7.44. The Morgan fingerprint density at radius 1 is 0.903 bits per heavy atom. The fourth-order valence-electron chi connectivity index (χ4n) is 3.24. The van der Waals surface area contributed by atoms with Crippen molar-refractivity contribution in [2.24, 2.45) is 0 Å². The molecule has 0 aliphatic rings. The van der Waals surface area contributed by atoms with Gasteiger partial charge in [-0.3, -0.25) is 0 Å². The number of aromatic hydroxyl groups is 2. The number of halogens is 5. The number of carboxylic acid groups (broad SMARTS) is 1. The average molecular weight is 878 g/mol. The number of rotatable bonds is 2. The van der Waals surface area contributed by atoms with Gasteiger partial charge < -0.3 is 15.3 Å². The quantitative estimate of drug-likeness (QED) is 0.122. The maximum absolute atomic E-state index is 14.5. The van der Waals surface area contributed by atoms with Gasteiger partial charge in [-0.1, -0.05) is 12.1 Å². The molecule has 0 saturated heterocycles. The minimum Gasteiger partial charge on any atom is -0.505 e. The molecule has 0 saturated carbocycles. The molecular weight excluding hydrogens is 870 g/mol. The summed E-state index contributed by atoms with van der Waals surface area (Å²) in [6.07, 6.45) is 0. The molecule has 0 aliphatic carbocycles. The van der Waals surface area contributed by atoms with Crippen LogP contribution in [0.5, 0.6) is 11.5 Å². The molecule has 0 fully saturated rings. The fourth-order valence-corrected chi connectivity index (χ4v) is 6.82. The molecule has 0 atom stereocenters. The van der Waals surface area contributed by atoms with Gasteiger partial charge in [-0.15, -0.1) is 0 Å². The van der Waals surface area contributed by atoms with E-state index in [1.807, 2.05) is 90.4 Å². The summed E-state index contributed by atoms with van der Waals surface area (Å²) >= 11 is 7.85. The van der Waals surface area contributed by atoms with Crippen LogP contribution in [0.1, 0.15) is 10.4 Å². The van der Waals surface area contributed by atoms with E-state index in [4.69, 9.17) is 4.42 Å². The van der Waals surface area contributed by atoms with Crippen LogP contribution in [-0.2, 0) is 0 Å². The maximum atomic E-state index is 14.5. The molecule has 3 N–H and O–H groups in total. The van der Waals surface area contributed by atoms with Crippen LogP contribution < -0.4 is 29.6 Å². The predicted octanol–water partition coefficient (Wildman–Crippen LogP) is 4.21. The Balaban J connectivity index is 0.00000272. The van der Waals surface area contributed by atoms with E-state index >= 15 is 0 Å². The topological polar surface area (TPSA) is 89.1 Å². The van der Waals surface area contributed by atoms with E-state index < -0.39 is 17.3 Å². The number of hydrogen-bond acceptors (Lipinski definition) is 3. The molecule has 0 bridgehead atoms. The smallest absolute Gasteiger partial charge is 0.505 e. The number of phenols is 2. The van der Waals surface area contributed by atoms with Gasteiger partial charge in [0.2, 0.25) is 0 Å². The summed E-state index contributed by atoms with van der Waals surface area (Å²) in [5.74, 6) is -2.19. The number of carboxylic acids is 1. The van der Waals surface area contributed by atoms with E-state index in [-0.39, 0.29) is 46.6 Å². The average Bonchev–Trinajstić information content (AvgIpc) is 2.69. The predicted molar refractivity (Wildman–Crippen MR) is 145 cm³/mol. The summed E-state index contributed by atoms with van der Waals surface area (Å²) in [4.78, 5) is 11.9. The first-order chi connectivity index (χ1) is 14.1. The van der Waals surface area contributed by atoms with Crippen molar-refractivity contribution in [2.45, 2.75) is 0 Å². The third kappa shape index (κ3) is 4.38. The van der Waals surface area contributed by atoms with Gasteiger partial charge in [-0.05, 0) is 109 Å². The van der Waals surface area contributed by atoms with Gasteiger partial charge in [0.15, 0.2) is 18.6 Å². The monoisotopic (exact) mass is 878 g/mol. The standard InChI is InChI=1S/C20H7FI4O5.Na/c21-9-3-1-2-6(13(9)20(28)29)12-7-4-10(22)16(26)14(24)18(7)30-19-8(12)5-11(23)17(27)15(19)25;/h1-5H,(H2-,26,27,28,29);/q;+1/p+1. The van der Waals surface area contributed by atoms with E-state index in [1.54, 1.807) is 18.2 Å². The van der Waals surface area contributed by atoms with Crippen LogP contribution in [0.15, 0.2) is 34.7 Å². The minimum absolute atomic E-state index is 0. The van der Waals surface area contributed by atoms with Gasteiger partial charge in [-0.2, -0.15) is 0 Å². The van der Waals surface area contributed by atoms with Crippen LogP contribution in [-0.4, -0.2) is 21.3 Å². The van der Waals surface area contributed by atoms with Crippen molar-refractivity contribution in [3.05, 3.63) is 56.0 Å². The first kappa shape index (κ1) is 25.9. The number of carbonyl (C=O) groups is 1. The van der Waals surface area contributed by atoms with Gasteiger partial charge in [0.05, 0.1) is 17.9 Å². The van der Waals surface area contributed by atoms with Gasteiger partial charge in [0.1, 0.15) is 11.4 Å². The van der Waals surface area contributed by atoms with Crippen LogP contribution in [0.25, 0.3) is 33.1 Å². The zero-order chi connectivity index (χ0) is 21.9. The Morgan fingerprint density at radius 3 is 1.84 bits per heavy atom. The van der Waals surface area contributed by atoms with Crippen molar-refractivity contribution < 1.29 is 58.5 Å². The normalized spacial score (nSPS) is 11.0. The Bertz CT molecular complexity index is 1340. The van der Waals surface area contributed by atoms with E-state index in [0.717, 1.165) is 6.07 Å². The van der Waals surface area contributed by atoms with Crippen molar-refractivity contribution in [3.8, 4) is 22.6 Å². The summed E-state index contributed by atoms with van der Waals surface area (Å²) in [6.45, 7) is 0. The largest absolute Gasteiger partial charge is 1.00 e. The first-order valence-corrected chi connectivity index (χ1v) is 12.4. The molecule has 1 aromatic heterocycles. The third-order valence-corrected chi connectivity index (χ3v) is 8.18. The van der Waals surface area contributed by atoms with Crippen LogP contribution in [0.3, 0.4) is 0 Å². The van der Waals surface area contributed by atoms with E-state index in [1.165, 1.54) is 6.07 Å². The number of benzene rings is 3. The SMILES string of the molecule is O=C(O)c1c(F)cccc1-c1c2cc(I)c(O)c(I)c2[o+]c2c(I)c(O)c(I)cc12.[Na+]. The molecule has 0 unspecified atom stereocenters. The maximum Gasteiger partial charge on any atom is 1.00 e. The van der Waals surface area contributed by atoms with E-state index in [0.29, 0.717) is 41.8 Å². The zero-order valence-corrected chi connectivity index (χ0v) is 26.1. The molecule has 152 valence electrons. The molecule has 0 spiro atoms. The molecular formula is C20H8FI4NaO5+2. The Kier molecular flexibility index (Phi) is 8.22. The number of fused-ring (bicyclic) bond motifs is 2. The zero-order valence-electron chi connectivity index (χ0n) is 15.4. The molecule has 5 nitrogen and oxygen atoms in total. The number of aromatic carboxylic acids is 1. The van der Waals surface area contributed by atoms with Crippen molar-refractivity contribution in [2.75, 3.05) is 0 Å². The number of phenolic OH excluding ortho intramolecular Hbond substituents is 2. The molecule has 11 heteroatoms. The second kappa shape index (κ2) is 9.85. The first-order valence-electron chi connectivity index (χ1n) is 8.13. The molecule has 0 aliphatic heterocycles. The molecule has 4 rings (SSSR count). The molecule has 31 heavy (non-hydrogen) atoms. The minimum atomic E-state index is -1.39. The van der Waals surface area contributed by atoms with Crippen molar-refractivity contribution in [1.82, 2.24) is 0 Å². The van der Waals surface area contributed by atoms with Crippen LogP contribution in [0.4, 0.5) is 4.39 Å². The van der Waals surface area contributed by atoms with Gasteiger partial charge in [0, 0.05) is 11.1 Å². The van der Waals surface area contributed by atoms with Crippen LogP contribution >= 0.6 is 90.4 Å². The summed E-state index contributed by atoms with van der Waals surface area (Å²) in [5, 5.41) is 31.6. The van der Waals surface area contributed by atoms with Crippen molar-refractivity contribution >= 4 is 118 Å². The Morgan fingerprint density at radius 2 is 1.39 bits per heavy atom. The number of hydrogen-bond donors (Lipinski definition) is 3. The van der Waals surface area contributed by atoms with E-state index in [9.17, 15) is 24.5 Å². The van der Waals surface area contributed by atoms with Crippen LogP contribution in [0.2, 0.25) is 0 Å². The van der Waals surface area contributed by atoms with E-state index in [2.05, 4.69) is 0 Å². The second-order valence-electron chi connectivity index (χ2n) is 6.24.